The van der Waals surface area contributed by atoms with E-state index >= 15 is 0 Å². The van der Waals surface area contributed by atoms with Crippen molar-refractivity contribution in [1.82, 2.24) is 4.98 Å². The second-order valence-electron chi connectivity index (χ2n) is 5.25. The molecule has 0 radical (unpaired) electrons. The number of nitrogens with one attached hydrogen (secondary N) is 1. The number of benzene rings is 2. The van der Waals surface area contributed by atoms with E-state index < -0.39 is 17.6 Å². The van der Waals surface area contributed by atoms with Gasteiger partial charge in [-0.3, -0.25) is 9.78 Å². The lowest BCUT2D eigenvalue weighted by atomic mass is 10.2. The minimum absolute atomic E-state index is 0.0551. The molecule has 0 atom stereocenters. The van der Waals surface area contributed by atoms with Crippen molar-refractivity contribution in [3.05, 3.63) is 66.4 Å². The van der Waals surface area contributed by atoms with Crippen molar-refractivity contribution in [1.29, 1.82) is 0 Å². The molecule has 0 bridgehead atoms. The van der Waals surface area contributed by atoms with Crippen LogP contribution < -0.4 is 10.1 Å². The lowest BCUT2D eigenvalue weighted by Gasteiger charge is -2.11. The molecule has 1 amide bonds. The molecule has 4 nitrogen and oxygen atoms in total. The molecule has 0 saturated carbocycles. The first-order chi connectivity index (χ1) is 11.9. The standard InChI is InChI=1S/C18H13F3N2O2/c19-18(20,21)13-6-2-7-14(10-13)23-16(24)11-25-15-8-1-4-12-5-3-9-22-17(12)15/h1-10H,11H2,(H,23,24). The van der Waals surface area contributed by atoms with Gasteiger partial charge in [0.25, 0.3) is 5.91 Å². The number of ether oxygens (including phenoxy) is 1. The Labute approximate surface area is 141 Å². The van der Waals surface area contributed by atoms with Gasteiger partial charge >= 0.3 is 6.18 Å². The van der Waals surface area contributed by atoms with Gasteiger partial charge in [0, 0.05) is 17.3 Å². The van der Waals surface area contributed by atoms with Gasteiger partial charge in [-0.15, -0.1) is 0 Å². The van der Waals surface area contributed by atoms with E-state index in [0.29, 0.717) is 11.3 Å². The molecule has 2 aromatic carbocycles. The Bertz CT molecular complexity index is 905. The van der Waals surface area contributed by atoms with Gasteiger partial charge in [-0.05, 0) is 30.3 Å². The molecule has 0 fully saturated rings. The number of rotatable bonds is 4. The third kappa shape index (κ3) is 4.06. The Hall–Kier alpha value is -3.09. The first kappa shape index (κ1) is 16.8. The lowest BCUT2D eigenvalue weighted by Crippen LogP contribution is -2.20. The maximum absolute atomic E-state index is 12.7. The van der Waals surface area contributed by atoms with E-state index in [1.165, 1.54) is 12.1 Å². The Morgan fingerprint density at radius 1 is 1.08 bits per heavy atom. The highest BCUT2D eigenvalue weighted by Gasteiger charge is 2.30. The van der Waals surface area contributed by atoms with Crippen LogP contribution in [0.2, 0.25) is 0 Å². The van der Waals surface area contributed by atoms with Gasteiger partial charge in [0.2, 0.25) is 0 Å². The Morgan fingerprint density at radius 3 is 2.64 bits per heavy atom. The summed E-state index contributed by atoms with van der Waals surface area (Å²) in [7, 11) is 0. The molecule has 0 aliphatic heterocycles. The maximum Gasteiger partial charge on any atom is 0.416 e. The maximum atomic E-state index is 12.7. The summed E-state index contributed by atoms with van der Waals surface area (Å²) in [5.74, 6) is -0.135. The molecule has 7 heteroatoms. The number of para-hydroxylation sites is 1. The fourth-order valence-corrected chi connectivity index (χ4v) is 2.31. The highest BCUT2D eigenvalue weighted by Crippen LogP contribution is 2.30. The summed E-state index contributed by atoms with van der Waals surface area (Å²) in [5, 5.41) is 3.25. The van der Waals surface area contributed by atoms with Gasteiger partial charge in [-0.2, -0.15) is 13.2 Å². The SMILES string of the molecule is O=C(COc1cccc2cccnc12)Nc1cccc(C(F)(F)F)c1. The largest absolute Gasteiger partial charge is 0.481 e. The molecular formula is C18H13F3N2O2. The number of fused-ring (bicyclic) bond motifs is 1. The highest BCUT2D eigenvalue weighted by molar-refractivity contribution is 5.92. The molecule has 3 rings (SSSR count). The second-order valence-corrected chi connectivity index (χ2v) is 5.25. The average molecular weight is 346 g/mol. The van der Waals surface area contributed by atoms with Gasteiger partial charge in [0.15, 0.2) is 6.61 Å². The van der Waals surface area contributed by atoms with Gasteiger partial charge in [-0.1, -0.05) is 24.3 Å². The van der Waals surface area contributed by atoms with Crippen LogP contribution in [-0.2, 0) is 11.0 Å². The zero-order valence-electron chi connectivity index (χ0n) is 12.9. The quantitative estimate of drug-likeness (QED) is 0.767. The first-order valence-corrected chi connectivity index (χ1v) is 7.37. The van der Waals surface area contributed by atoms with Crippen molar-refractivity contribution in [2.45, 2.75) is 6.18 Å². The number of hydrogen-bond donors (Lipinski definition) is 1. The van der Waals surface area contributed by atoms with E-state index in [0.717, 1.165) is 17.5 Å². The smallest absolute Gasteiger partial charge is 0.416 e. The van der Waals surface area contributed by atoms with Crippen molar-refractivity contribution in [3.63, 3.8) is 0 Å². The average Bonchev–Trinajstić information content (AvgIpc) is 2.59. The van der Waals surface area contributed by atoms with Crippen LogP contribution in [0, 0.1) is 0 Å². The van der Waals surface area contributed by atoms with E-state index in [-0.39, 0.29) is 12.3 Å². The van der Waals surface area contributed by atoms with Crippen LogP contribution in [0.3, 0.4) is 0 Å². The van der Waals surface area contributed by atoms with Crippen molar-refractivity contribution >= 4 is 22.5 Å². The van der Waals surface area contributed by atoms with Crippen LogP contribution in [0.15, 0.2) is 60.8 Å². The van der Waals surface area contributed by atoms with Crippen LogP contribution in [0.4, 0.5) is 18.9 Å². The number of halogens is 3. The molecule has 0 aliphatic carbocycles. The molecule has 0 aliphatic rings. The first-order valence-electron chi connectivity index (χ1n) is 7.37. The third-order valence-corrected chi connectivity index (χ3v) is 3.43. The summed E-state index contributed by atoms with van der Waals surface area (Å²) in [5.41, 5.74) is -0.166. The van der Waals surface area contributed by atoms with Crippen LogP contribution in [0.5, 0.6) is 5.75 Å². The molecular weight excluding hydrogens is 333 g/mol. The number of pyridine rings is 1. The number of carbonyl (C=O) groups is 1. The molecule has 0 unspecified atom stereocenters. The summed E-state index contributed by atoms with van der Waals surface area (Å²) in [6, 6.07) is 13.4. The molecule has 3 aromatic rings. The third-order valence-electron chi connectivity index (χ3n) is 3.43. The summed E-state index contributed by atoms with van der Waals surface area (Å²) in [6.07, 6.45) is -2.86. The van der Waals surface area contributed by atoms with E-state index in [9.17, 15) is 18.0 Å². The minimum Gasteiger partial charge on any atom is -0.481 e. The van der Waals surface area contributed by atoms with Crippen LogP contribution >= 0.6 is 0 Å². The zero-order valence-corrected chi connectivity index (χ0v) is 12.9. The van der Waals surface area contributed by atoms with Crippen LogP contribution in [0.25, 0.3) is 10.9 Å². The summed E-state index contributed by atoms with van der Waals surface area (Å²) in [4.78, 5) is 16.1. The molecule has 25 heavy (non-hydrogen) atoms. The van der Waals surface area contributed by atoms with Crippen LogP contribution in [0.1, 0.15) is 5.56 Å². The van der Waals surface area contributed by atoms with Gasteiger partial charge in [-0.25, -0.2) is 0 Å². The lowest BCUT2D eigenvalue weighted by molar-refractivity contribution is -0.137. The van der Waals surface area contributed by atoms with Crippen molar-refractivity contribution in [2.75, 3.05) is 11.9 Å². The topological polar surface area (TPSA) is 51.2 Å². The number of amides is 1. The van der Waals surface area contributed by atoms with E-state index in [2.05, 4.69) is 10.3 Å². The molecule has 1 aromatic heterocycles. The van der Waals surface area contributed by atoms with Crippen molar-refractivity contribution < 1.29 is 22.7 Å². The summed E-state index contributed by atoms with van der Waals surface area (Å²) < 4.78 is 43.5. The zero-order chi connectivity index (χ0) is 17.9. The summed E-state index contributed by atoms with van der Waals surface area (Å²) >= 11 is 0. The molecule has 0 saturated heterocycles. The monoisotopic (exact) mass is 346 g/mol. The Balaban J connectivity index is 1.67. The number of hydrogen-bond acceptors (Lipinski definition) is 3. The fraction of sp³-hybridized carbons (Fsp3) is 0.111. The van der Waals surface area contributed by atoms with Crippen LogP contribution in [-0.4, -0.2) is 17.5 Å². The second kappa shape index (κ2) is 6.80. The minimum atomic E-state index is -4.47. The molecule has 1 N–H and O–H groups in total. The Morgan fingerprint density at radius 2 is 1.84 bits per heavy atom. The van der Waals surface area contributed by atoms with E-state index in [1.807, 2.05) is 12.1 Å². The van der Waals surface area contributed by atoms with E-state index in [4.69, 9.17) is 4.74 Å². The summed E-state index contributed by atoms with van der Waals surface area (Å²) in [6.45, 7) is -0.341. The number of anilines is 1. The molecule has 1 heterocycles. The highest BCUT2D eigenvalue weighted by atomic mass is 19.4. The van der Waals surface area contributed by atoms with Crippen molar-refractivity contribution in [2.24, 2.45) is 0 Å². The number of nitrogens with zero attached hydrogens (tertiary/aromatic N) is 1. The molecule has 128 valence electrons. The van der Waals surface area contributed by atoms with Gasteiger partial charge < -0.3 is 10.1 Å². The van der Waals surface area contributed by atoms with Crippen molar-refractivity contribution in [3.8, 4) is 5.75 Å². The fourth-order valence-electron chi connectivity index (χ4n) is 2.31. The number of alkyl halides is 3. The van der Waals surface area contributed by atoms with Gasteiger partial charge in [0.1, 0.15) is 11.3 Å². The molecule has 0 spiro atoms. The normalized spacial score (nSPS) is 11.3. The van der Waals surface area contributed by atoms with E-state index in [1.54, 1.807) is 24.4 Å². The van der Waals surface area contributed by atoms with Gasteiger partial charge in [0.05, 0.1) is 5.56 Å². The number of carbonyl (C=O) groups excluding carboxylic acids is 1. The predicted octanol–water partition coefficient (Wildman–Crippen LogP) is 4.27. The predicted molar refractivity (Wildman–Crippen MR) is 87.3 cm³/mol. The number of aromatic nitrogens is 1. The Kier molecular flexibility index (Phi) is 4.56.